The van der Waals surface area contributed by atoms with Crippen LogP contribution in [0.4, 0.5) is 83.3 Å². The van der Waals surface area contributed by atoms with Crippen LogP contribution < -0.4 is 10.9 Å². The van der Waals surface area contributed by atoms with Gasteiger partial charge in [-0.25, -0.2) is 79.0 Å². The van der Waals surface area contributed by atoms with Gasteiger partial charge in [-0.05, 0) is 0 Å². The van der Waals surface area contributed by atoms with Crippen molar-refractivity contribution in [2.45, 2.75) is 0 Å². The second-order valence-electron chi connectivity index (χ2n) is 8.34. The van der Waals surface area contributed by atoms with Crippen LogP contribution in [0.5, 0.6) is 0 Å². The smallest absolute Gasteiger partial charge is 0.322 e. The maximum Gasteiger partial charge on any atom is 0.425 e. The molecule has 232 valence electrons. The second kappa shape index (κ2) is 11.0. The lowest BCUT2D eigenvalue weighted by Gasteiger charge is -2.18. The van der Waals surface area contributed by atoms with Crippen LogP contribution in [0.2, 0.25) is 0 Å². The molecule has 0 heterocycles. The molecule has 0 N–H and O–H groups in total. The molecular weight excluding hydrogens is 660 g/mol. The predicted octanol–water partition coefficient (Wildman–Crippen LogP) is 7.60. The molecule has 0 aliphatic carbocycles. The first kappa shape index (κ1) is 32.5. The molecule has 0 nitrogen and oxygen atoms in total. The summed E-state index contributed by atoms with van der Waals surface area (Å²) in [4.78, 5) is 0. The van der Waals surface area contributed by atoms with Crippen LogP contribution in [0.1, 0.15) is 0 Å². The molecule has 0 saturated carbocycles. The van der Waals surface area contributed by atoms with E-state index in [0.717, 1.165) is 0 Å². The zero-order valence-corrected chi connectivity index (χ0v) is 19.8. The molecule has 4 aromatic rings. The molecule has 0 aromatic heterocycles. The molecule has 0 fully saturated rings. The molecular formula is C24BF19. The molecule has 0 saturated heterocycles. The molecule has 0 radical (unpaired) electrons. The molecule has 4 aromatic carbocycles. The van der Waals surface area contributed by atoms with Crippen molar-refractivity contribution in [2.24, 2.45) is 0 Å². The summed E-state index contributed by atoms with van der Waals surface area (Å²) in [6.07, 6.45) is 0. The van der Waals surface area contributed by atoms with E-state index < -0.39 is 145 Å². The van der Waals surface area contributed by atoms with Crippen molar-refractivity contribution in [3.8, 4) is 22.3 Å². The standard InChI is InChI=1S/C24BF19/c26-7-1(3-11(30)19(38)23(42)20(39)12(3)31)9(28)17(36)15(34)5(7)25(44)6-8(27)2(10(29)18(37)16(6)35)4-13(32)21(40)24(43)22(41)14(4)33. The highest BCUT2D eigenvalue weighted by Gasteiger charge is 2.43. The summed E-state index contributed by atoms with van der Waals surface area (Å²) in [5, 5.41) is 0. The van der Waals surface area contributed by atoms with Crippen molar-refractivity contribution >= 4 is 17.9 Å². The van der Waals surface area contributed by atoms with Crippen LogP contribution in [-0.2, 0) is 0 Å². The Morgan fingerprint density at radius 2 is 0.364 bits per heavy atom. The number of halogens is 19. The molecule has 44 heavy (non-hydrogen) atoms. The molecule has 0 aliphatic heterocycles. The van der Waals surface area contributed by atoms with Crippen LogP contribution in [0, 0.1) is 105 Å². The number of rotatable bonds is 4. The van der Waals surface area contributed by atoms with Crippen molar-refractivity contribution in [3.05, 3.63) is 105 Å². The molecule has 0 atom stereocenters. The van der Waals surface area contributed by atoms with Crippen molar-refractivity contribution in [1.29, 1.82) is 0 Å². The molecule has 0 amide bonds. The summed E-state index contributed by atoms with van der Waals surface area (Å²) in [5.41, 5.74) is -17.0. The van der Waals surface area contributed by atoms with Gasteiger partial charge in [0, 0.05) is 10.9 Å². The first-order chi connectivity index (χ1) is 20.3. The van der Waals surface area contributed by atoms with E-state index in [-0.39, 0.29) is 0 Å². The van der Waals surface area contributed by atoms with E-state index in [1.807, 2.05) is 0 Å². The molecule has 20 heteroatoms. The van der Waals surface area contributed by atoms with Crippen molar-refractivity contribution in [1.82, 2.24) is 0 Å². The molecule has 0 spiro atoms. The third kappa shape index (κ3) is 4.35. The van der Waals surface area contributed by atoms with E-state index in [9.17, 15) is 70.2 Å². The Balaban J connectivity index is 2.14. The van der Waals surface area contributed by atoms with E-state index in [2.05, 4.69) is 0 Å². The fourth-order valence-electron chi connectivity index (χ4n) is 3.98. The first-order valence-corrected chi connectivity index (χ1v) is 10.7. The predicted molar refractivity (Wildman–Crippen MR) is 109 cm³/mol. The van der Waals surface area contributed by atoms with Gasteiger partial charge in [-0.2, -0.15) is 0 Å². The summed E-state index contributed by atoms with van der Waals surface area (Å²) < 4.78 is 271. The van der Waals surface area contributed by atoms with Gasteiger partial charge in [0.25, 0.3) is 0 Å². The summed E-state index contributed by atoms with van der Waals surface area (Å²) in [6, 6.07) is 0. The maximum absolute atomic E-state index is 15.4. The zero-order valence-electron chi connectivity index (χ0n) is 19.8. The van der Waals surface area contributed by atoms with Gasteiger partial charge in [0.2, 0.25) is 11.6 Å². The summed E-state index contributed by atoms with van der Waals surface area (Å²) >= 11 is 0. The van der Waals surface area contributed by atoms with Gasteiger partial charge in [-0.1, -0.05) is 0 Å². The molecule has 0 bridgehead atoms. The van der Waals surface area contributed by atoms with E-state index in [1.165, 1.54) is 0 Å². The topological polar surface area (TPSA) is 0 Å². The second-order valence-corrected chi connectivity index (χ2v) is 8.34. The minimum atomic E-state index is -4.56. The van der Waals surface area contributed by atoms with E-state index in [1.54, 1.807) is 0 Å². The zero-order chi connectivity index (χ0) is 33.4. The highest BCUT2D eigenvalue weighted by molar-refractivity contribution is 6.80. The van der Waals surface area contributed by atoms with Gasteiger partial charge in [-0.3, -0.25) is 0 Å². The lowest BCUT2D eigenvalue weighted by molar-refractivity contribution is 0.379. The lowest BCUT2D eigenvalue weighted by atomic mass is 9.56. The van der Waals surface area contributed by atoms with Crippen LogP contribution >= 0.6 is 0 Å². The highest BCUT2D eigenvalue weighted by atomic mass is 19.2. The van der Waals surface area contributed by atoms with Crippen LogP contribution in [0.25, 0.3) is 22.3 Å². The van der Waals surface area contributed by atoms with Gasteiger partial charge in [-0.15, -0.1) is 0 Å². The van der Waals surface area contributed by atoms with Crippen LogP contribution in [0.15, 0.2) is 0 Å². The average molecular weight is 660 g/mol. The summed E-state index contributed by atoms with van der Waals surface area (Å²) in [7, 11) is 0. The maximum atomic E-state index is 15.4. The Labute approximate surface area is 229 Å². The van der Waals surface area contributed by atoms with Crippen molar-refractivity contribution in [2.75, 3.05) is 0 Å². The highest BCUT2D eigenvalue weighted by Crippen LogP contribution is 2.38. The number of benzene rings is 4. The Kier molecular flexibility index (Phi) is 8.10. The molecule has 0 aliphatic rings. The third-order valence-electron chi connectivity index (χ3n) is 6.02. The van der Waals surface area contributed by atoms with Gasteiger partial charge < -0.3 is 4.32 Å². The van der Waals surface area contributed by atoms with Gasteiger partial charge in [0.05, 0.1) is 22.3 Å². The van der Waals surface area contributed by atoms with Gasteiger partial charge >= 0.3 is 6.99 Å². The normalized spacial score (nSPS) is 11.5. The number of hydrogen-bond acceptors (Lipinski definition) is 0. The van der Waals surface area contributed by atoms with Gasteiger partial charge in [0.1, 0.15) is 11.6 Å². The summed E-state index contributed by atoms with van der Waals surface area (Å²) in [6.45, 7) is -4.56. The average Bonchev–Trinajstić information content (AvgIpc) is 2.98. The van der Waals surface area contributed by atoms with Crippen molar-refractivity contribution in [3.63, 3.8) is 0 Å². The Morgan fingerprint density at radius 3 is 0.591 bits per heavy atom. The minimum Gasteiger partial charge on any atom is -0.322 e. The monoisotopic (exact) mass is 660 g/mol. The third-order valence-corrected chi connectivity index (χ3v) is 6.02. The fourth-order valence-corrected chi connectivity index (χ4v) is 3.98. The largest absolute Gasteiger partial charge is 0.425 e. The van der Waals surface area contributed by atoms with Gasteiger partial charge in [0.15, 0.2) is 81.4 Å². The van der Waals surface area contributed by atoms with Crippen LogP contribution in [-0.4, -0.2) is 6.99 Å². The lowest BCUT2D eigenvalue weighted by Crippen LogP contribution is -2.47. The SMILES string of the molecule is FB(c1c(F)c(F)c(F)c(-c2c(F)c(F)c(F)c(F)c2F)c1F)c1c(F)c(F)c(F)c(-c2c(F)c(F)c(F)c(F)c2F)c1F. The van der Waals surface area contributed by atoms with Crippen LogP contribution in [0.3, 0.4) is 0 Å². The Hall–Kier alpha value is -4.39. The van der Waals surface area contributed by atoms with E-state index in [0.29, 0.717) is 0 Å². The Morgan fingerprint density at radius 1 is 0.205 bits per heavy atom. The minimum absolute atomic E-state index is 2.74. The van der Waals surface area contributed by atoms with Crippen molar-refractivity contribution < 1.29 is 83.3 Å². The fraction of sp³-hybridized carbons (Fsp3) is 0. The number of hydrogen-bond donors (Lipinski definition) is 0. The molecule has 4 rings (SSSR count). The summed E-state index contributed by atoms with van der Waals surface area (Å²) in [5.74, 6) is -55.9. The first-order valence-electron chi connectivity index (χ1n) is 10.7. The Bertz CT molecular complexity index is 1720. The van der Waals surface area contributed by atoms with E-state index >= 15 is 13.1 Å². The quantitative estimate of drug-likeness (QED) is 0.0917. The van der Waals surface area contributed by atoms with E-state index in [4.69, 9.17) is 0 Å². The molecule has 0 unspecified atom stereocenters.